The highest BCUT2D eigenvalue weighted by atomic mass is 19.1. The fourth-order valence-corrected chi connectivity index (χ4v) is 1.35. The van der Waals surface area contributed by atoms with E-state index in [4.69, 9.17) is 0 Å². The normalized spacial score (nSPS) is 12.3. The van der Waals surface area contributed by atoms with Crippen molar-refractivity contribution in [3.8, 4) is 0 Å². The van der Waals surface area contributed by atoms with Crippen LogP contribution in [0.3, 0.4) is 0 Å². The molecule has 0 aliphatic carbocycles. The van der Waals surface area contributed by atoms with Gasteiger partial charge in [-0.25, -0.2) is 4.39 Å². The first-order valence-corrected chi connectivity index (χ1v) is 4.70. The van der Waals surface area contributed by atoms with Crippen LogP contribution in [-0.2, 0) is 4.79 Å². The van der Waals surface area contributed by atoms with E-state index in [1.165, 1.54) is 17.0 Å². The summed E-state index contributed by atoms with van der Waals surface area (Å²) < 4.78 is 12.7. The van der Waals surface area contributed by atoms with Crippen LogP contribution in [0.4, 0.5) is 4.39 Å². The molecule has 0 saturated carbocycles. The van der Waals surface area contributed by atoms with Gasteiger partial charge in [-0.05, 0) is 24.7 Å². The minimum atomic E-state index is -0.416. The maximum absolute atomic E-state index is 12.7. The molecular weight excluding hydrogens is 195 g/mol. The molecule has 0 radical (unpaired) electrons. The molecule has 0 aliphatic rings. The number of amides is 1. The van der Waals surface area contributed by atoms with Crippen LogP contribution in [0.2, 0.25) is 0 Å². The standard InChI is InChI=1S/C11H15FN2O/c1-13-10(11(15)14(2)3)8-4-6-9(12)7-5-8/h4-7,10,13H,1-3H3/t10-/m1/s1. The third kappa shape index (κ3) is 2.76. The number of benzene rings is 1. The average Bonchev–Trinajstić information content (AvgIpc) is 2.21. The first-order valence-electron chi connectivity index (χ1n) is 4.70. The molecular formula is C11H15FN2O. The van der Waals surface area contributed by atoms with E-state index >= 15 is 0 Å². The van der Waals surface area contributed by atoms with Crippen molar-refractivity contribution in [1.29, 1.82) is 0 Å². The summed E-state index contributed by atoms with van der Waals surface area (Å²) in [5, 5.41) is 2.91. The lowest BCUT2D eigenvalue weighted by atomic mass is 10.1. The van der Waals surface area contributed by atoms with Gasteiger partial charge in [-0.3, -0.25) is 4.79 Å². The van der Waals surface area contributed by atoms with Crippen LogP contribution in [0.1, 0.15) is 11.6 Å². The van der Waals surface area contributed by atoms with Gasteiger partial charge in [0.25, 0.3) is 0 Å². The van der Waals surface area contributed by atoms with Gasteiger partial charge in [0.2, 0.25) is 5.91 Å². The van der Waals surface area contributed by atoms with Gasteiger partial charge in [0.05, 0.1) is 0 Å². The number of nitrogens with zero attached hydrogens (tertiary/aromatic N) is 1. The molecule has 0 saturated heterocycles. The molecule has 1 amide bonds. The highest BCUT2D eigenvalue weighted by molar-refractivity contribution is 5.82. The van der Waals surface area contributed by atoms with E-state index in [0.29, 0.717) is 0 Å². The highest BCUT2D eigenvalue weighted by Gasteiger charge is 2.19. The number of hydrogen-bond acceptors (Lipinski definition) is 2. The van der Waals surface area contributed by atoms with Gasteiger partial charge in [0.15, 0.2) is 0 Å². The summed E-state index contributed by atoms with van der Waals surface area (Å²) in [5.74, 6) is -0.352. The van der Waals surface area contributed by atoms with E-state index in [9.17, 15) is 9.18 Å². The van der Waals surface area contributed by atoms with Crippen molar-refractivity contribution < 1.29 is 9.18 Å². The lowest BCUT2D eigenvalue weighted by Crippen LogP contribution is -2.35. The van der Waals surface area contributed by atoms with Gasteiger partial charge in [0.1, 0.15) is 11.9 Å². The summed E-state index contributed by atoms with van der Waals surface area (Å²) in [5.41, 5.74) is 0.762. The van der Waals surface area contributed by atoms with Crippen molar-refractivity contribution >= 4 is 5.91 Å². The topological polar surface area (TPSA) is 32.3 Å². The van der Waals surface area contributed by atoms with E-state index in [1.807, 2.05) is 0 Å². The smallest absolute Gasteiger partial charge is 0.243 e. The molecule has 4 heteroatoms. The largest absolute Gasteiger partial charge is 0.347 e. The Kier molecular flexibility index (Phi) is 3.80. The Morgan fingerprint density at radius 2 is 1.87 bits per heavy atom. The van der Waals surface area contributed by atoms with Crippen LogP contribution in [0.5, 0.6) is 0 Å². The zero-order chi connectivity index (χ0) is 11.4. The van der Waals surface area contributed by atoms with Crippen molar-refractivity contribution in [2.45, 2.75) is 6.04 Å². The monoisotopic (exact) mass is 210 g/mol. The zero-order valence-corrected chi connectivity index (χ0v) is 9.12. The fourth-order valence-electron chi connectivity index (χ4n) is 1.35. The molecule has 15 heavy (non-hydrogen) atoms. The molecule has 1 N–H and O–H groups in total. The number of hydrogen-bond donors (Lipinski definition) is 1. The molecule has 3 nitrogen and oxygen atoms in total. The molecule has 0 spiro atoms. The predicted octanol–water partition coefficient (Wildman–Crippen LogP) is 1.17. The maximum Gasteiger partial charge on any atom is 0.243 e. The Balaban J connectivity index is 2.92. The van der Waals surface area contributed by atoms with Crippen molar-refractivity contribution in [3.05, 3.63) is 35.6 Å². The molecule has 1 rings (SSSR count). The second-order valence-electron chi connectivity index (χ2n) is 3.51. The molecule has 1 aromatic carbocycles. The molecule has 82 valence electrons. The van der Waals surface area contributed by atoms with Gasteiger partial charge in [-0.2, -0.15) is 0 Å². The van der Waals surface area contributed by atoms with Gasteiger partial charge in [-0.15, -0.1) is 0 Å². The van der Waals surface area contributed by atoms with Crippen molar-refractivity contribution in [2.24, 2.45) is 0 Å². The van der Waals surface area contributed by atoms with Crippen LogP contribution in [-0.4, -0.2) is 32.0 Å². The van der Waals surface area contributed by atoms with E-state index in [2.05, 4.69) is 5.32 Å². The lowest BCUT2D eigenvalue weighted by molar-refractivity contribution is -0.130. The van der Waals surface area contributed by atoms with Gasteiger partial charge in [0, 0.05) is 14.1 Å². The summed E-state index contributed by atoms with van der Waals surface area (Å²) in [7, 11) is 5.09. The summed E-state index contributed by atoms with van der Waals surface area (Å²) in [6.07, 6.45) is 0. The average molecular weight is 210 g/mol. The summed E-state index contributed by atoms with van der Waals surface area (Å²) >= 11 is 0. The lowest BCUT2D eigenvalue weighted by Gasteiger charge is -2.20. The molecule has 1 aromatic rings. The van der Waals surface area contributed by atoms with Crippen LogP contribution in [0, 0.1) is 5.82 Å². The minimum Gasteiger partial charge on any atom is -0.347 e. The second kappa shape index (κ2) is 4.89. The number of carbonyl (C=O) groups is 1. The summed E-state index contributed by atoms with van der Waals surface area (Å²) in [6.45, 7) is 0. The maximum atomic E-state index is 12.7. The fraction of sp³-hybridized carbons (Fsp3) is 0.364. The quantitative estimate of drug-likeness (QED) is 0.812. The number of rotatable bonds is 3. The minimum absolute atomic E-state index is 0.0518. The number of likely N-dealkylation sites (N-methyl/N-ethyl adjacent to an activating group) is 2. The Labute approximate surface area is 88.9 Å². The van der Waals surface area contributed by atoms with Gasteiger partial charge >= 0.3 is 0 Å². The summed E-state index contributed by atoms with van der Waals surface area (Å²) in [6, 6.07) is 5.50. The van der Waals surface area contributed by atoms with Crippen LogP contribution >= 0.6 is 0 Å². The predicted molar refractivity (Wildman–Crippen MR) is 56.9 cm³/mol. The molecule has 0 unspecified atom stereocenters. The molecule has 0 heterocycles. The Morgan fingerprint density at radius 1 is 1.33 bits per heavy atom. The molecule has 0 fully saturated rings. The first kappa shape index (κ1) is 11.7. The second-order valence-corrected chi connectivity index (χ2v) is 3.51. The van der Waals surface area contributed by atoms with E-state index in [0.717, 1.165) is 5.56 Å². The summed E-state index contributed by atoms with van der Waals surface area (Å²) in [4.78, 5) is 13.2. The Hall–Kier alpha value is -1.42. The zero-order valence-electron chi connectivity index (χ0n) is 9.12. The highest BCUT2D eigenvalue weighted by Crippen LogP contribution is 2.14. The van der Waals surface area contributed by atoms with E-state index < -0.39 is 6.04 Å². The van der Waals surface area contributed by atoms with E-state index in [1.54, 1.807) is 33.3 Å². The third-order valence-corrected chi connectivity index (χ3v) is 2.18. The molecule has 0 aliphatic heterocycles. The number of carbonyl (C=O) groups excluding carboxylic acids is 1. The third-order valence-electron chi connectivity index (χ3n) is 2.18. The van der Waals surface area contributed by atoms with Crippen LogP contribution in [0.25, 0.3) is 0 Å². The van der Waals surface area contributed by atoms with Crippen molar-refractivity contribution in [3.63, 3.8) is 0 Å². The first-order chi connectivity index (χ1) is 7.06. The SMILES string of the molecule is CN[C@@H](C(=O)N(C)C)c1ccc(F)cc1. The molecule has 0 aromatic heterocycles. The number of halogens is 1. The Bertz CT molecular complexity index is 335. The van der Waals surface area contributed by atoms with E-state index in [-0.39, 0.29) is 11.7 Å². The van der Waals surface area contributed by atoms with Crippen molar-refractivity contribution in [2.75, 3.05) is 21.1 Å². The molecule has 1 atom stereocenters. The Morgan fingerprint density at radius 3 is 2.27 bits per heavy atom. The van der Waals surface area contributed by atoms with Crippen LogP contribution in [0.15, 0.2) is 24.3 Å². The van der Waals surface area contributed by atoms with Crippen molar-refractivity contribution in [1.82, 2.24) is 10.2 Å². The van der Waals surface area contributed by atoms with Gasteiger partial charge < -0.3 is 10.2 Å². The van der Waals surface area contributed by atoms with Crippen LogP contribution < -0.4 is 5.32 Å². The number of nitrogens with one attached hydrogen (secondary N) is 1. The van der Waals surface area contributed by atoms with Gasteiger partial charge in [-0.1, -0.05) is 12.1 Å². The molecule has 0 bridgehead atoms.